The number of amides is 1. The predicted molar refractivity (Wildman–Crippen MR) is 136 cm³/mol. The first-order valence-electron chi connectivity index (χ1n) is 11.7. The zero-order valence-corrected chi connectivity index (χ0v) is 20.4. The van der Waals surface area contributed by atoms with Gasteiger partial charge in [0, 0.05) is 44.0 Å². The number of methoxy groups -OCH3 is 1. The van der Waals surface area contributed by atoms with Gasteiger partial charge in [-0.1, -0.05) is 6.07 Å². The molecule has 1 saturated heterocycles. The van der Waals surface area contributed by atoms with Crippen molar-refractivity contribution in [2.45, 2.75) is 12.5 Å². The largest absolute Gasteiger partial charge is 0.496 e. The van der Waals surface area contributed by atoms with Gasteiger partial charge < -0.3 is 24.1 Å². The summed E-state index contributed by atoms with van der Waals surface area (Å²) in [5.41, 5.74) is 4.62. The number of pyridine rings is 1. The summed E-state index contributed by atoms with van der Waals surface area (Å²) >= 11 is 0. The van der Waals surface area contributed by atoms with Crippen molar-refractivity contribution in [3.63, 3.8) is 0 Å². The molecule has 2 aromatic heterocycles. The predicted octanol–water partition coefficient (Wildman–Crippen LogP) is 4.48. The molecule has 0 bridgehead atoms. The maximum atomic E-state index is 12.4. The van der Waals surface area contributed by atoms with E-state index in [1.54, 1.807) is 39.5 Å². The fraction of sp³-hybridized carbons (Fsp3) is 0.250. The molecule has 1 amide bonds. The highest BCUT2D eigenvalue weighted by atomic mass is 16.5. The van der Waals surface area contributed by atoms with Gasteiger partial charge >= 0.3 is 0 Å². The van der Waals surface area contributed by atoms with Gasteiger partial charge in [0.25, 0.3) is 5.91 Å². The van der Waals surface area contributed by atoms with Crippen molar-refractivity contribution >= 4 is 17.0 Å². The number of rotatable bonds is 6. The molecule has 3 heterocycles. The van der Waals surface area contributed by atoms with Crippen LogP contribution < -0.4 is 14.8 Å². The lowest BCUT2D eigenvalue weighted by Crippen LogP contribution is -2.21. The molecule has 1 aliphatic heterocycles. The zero-order chi connectivity index (χ0) is 25.2. The highest BCUT2D eigenvalue weighted by molar-refractivity contribution is 5.96. The lowest BCUT2D eigenvalue weighted by molar-refractivity contribution is 0.0827. The normalized spacial score (nSPS) is 15.0. The molecule has 0 aliphatic carbocycles. The Morgan fingerprint density at radius 1 is 1.14 bits per heavy atom. The summed E-state index contributed by atoms with van der Waals surface area (Å²) in [5.74, 6) is 1.56. The van der Waals surface area contributed by atoms with E-state index in [2.05, 4.69) is 16.4 Å². The van der Waals surface area contributed by atoms with Crippen LogP contribution in [0.5, 0.6) is 11.5 Å². The number of nitrogens with one attached hydrogen (secondary N) is 1. The number of nitrogens with zero attached hydrogens (tertiary/aromatic N) is 3. The van der Waals surface area contributed by atoms with Crippen LogP contribution in [0.15, 0.2) is 59.1 Å². The molecular formula is C28H26N4O4. The van der Waals surface area contributed by atoms with E-state index in [0.717, 1.165) is 30.6 Å². The second kappa shape index (κ2) is 9.72. The van der Waals surface area contributed by atoms with Crippen LogP contribution in [0.1, 0.15) is 22.3 Å². The third-order valence-electron chi connectivity index (χ3n) is 6.25. The maximum absolute atomic E-state index is 12.4. The van der Waals surface area contributed by atoms with E-state index in [1.807, 2.05) is 36.4 Å². The Balaban J connectivity index is 1.53. The van der Waals surface area contributed by atoms with Crippen molar-refractivity contribution in [2.24, 2.45) is 0 Å². The topological polar surface area (TPSA) is 101 Å². The van der Waals surface area contributed by atoms with Crippen LogP contribution in [0.4, 0.5) is 0 Å². The monoisotopic (exact) mass is 482 g/mol. The van der Waals surface area contributed by atoms with Gasteiger partial charge in [-0.3, -0.25) is 9.78 Å². The fourth-order valence-electron chi connectivity index (χ4n) is 4.38. The number of nitriles is 1. The van der Waals surface area contributed by atoms with E-state index < -0.39 is 0 Å². The lowest BCUT2D eigenvalue weighted by Gasteiger charge is -2.14. The van der Waals surface area contributed by atoms with Crippen LogP contribution in [0, 0.1) is 11.3 Å². The maximum Gasteiger partial charge on any atom is 0.253 e. The number of fused-ring (bicyclic) bond motifs is 1. The van der Waals surface area contributed by atoms with Crippen LogP contribution in [0.3, 0.4) is 0 Å². The molecule has 8 heteroatoms. The summed E-state index contributed by atoms with van der Waals surface area (Å²) in [4.78, 5) is 18.4. The van der Waals surface area contributed by atoms with Crippen LogP contribution >= 0.6 is 0 Å². The van der Waals surface area contributed by atoms with E-state index in [-0.39, 0.29) is 12.0 Å². The summed E-state index contributed by atoms with van der Waals surface area (Å²) in [7, 11) is 4.97. The van der Waals surface area contributed by atoms with E-state index in [0.29, 0.717) is 45.0 Å². The third kappa shape index (κ3) is 4.37. The van der Waals surface area contributed by atoms with Gasteiger partial charge in [-0.05, 0) is 54.9 Å². The minimum absolute atomic E-state index is 0.0672. The van der Waals surface area contributed by atoms with Gasteiger partial charge in [0.05, 0.1) is 18.2 Å². The summed E-state index contributed by atoms with van der Waals surface area (Å²) < 4.78 is 17.9. The summed E-state index contributed by atoms with van der Waals surface area (Å²) in [5, 5.41) is 13.0. The van der Waals surface area contributed by atoms with Crippen molar-refractivity contribution in [1.82, 2.24) is 15.2 Å². The minimum atomic E-state index is -0.113. The average Bonchev–Trinajstić information content (AvgIpc) is 3.57. The first kappa shape index (κ1) is 23.4. The number of carbonyl (C=O) groups is 1. The standard InChI is InChI=1S/C28H26N4O4/c1-32(2)28(33)18-4-6-22(25(13-18)34-3)26-14-23-27(36-26)21(9-11-31-23)17-5-7-24(19(12-17)15-29)35-20-8-10-30-16-20/h4-7,9,11-14,20,30H,8,10,16H2,1-3H3. The number of aromatic nitrogens is 1. The van der Waals surface area contributed by atoms with Gasteiger partial charge in [0.2, 0.25) is 0 Å². The third-order valence-corrected chi connectivity index (χ3v) is 6.25. The van der Waals surface area contributed by atoms with Gasteiger partial charge in [0.1, 0.15) is 34.9 Å². The van der Waals surface area contributed by atoms with E-state index in [1.165, 1.54) is 4.90 Å². The van der Waals surface area contributed by atoms with Crippen molar-refractivity contribution in [2.75, 3.05) is 34.3 Å². The van der Waals surface area contributed by atoms with Gasteiger partial charge in [0.15, 0.2) is 5.58 Å². The molecule has 5 rings (SSSR count). The van der Waals surface area contributed by atoms with Crippen LogP contribution in [-0.4, -0.2) is 56.2 Å². The van der Waals surface area contributed by atoms with E-state index >= 15 is 0 Å². The lowest BCUT2D eigenvalue weighted by atomic mass is 10.0. The molecule has 182 valence electrons. The summed E-state index contributed by atoms with van der Waals surface area (Å²) in [6.45, 7) is 1.69. The van der Waals surface area contributed by atoms with Crippen molar-refractivity contribution in [3.8, 4) is 40.0 Å². The molecule has 0 radical (unpaired) electrons. The molecule has 1 unspecified atom stereocenters. The Kier molecular flexibility index (Phi) is 6.32. The van der Waals surface area contributed by atoms with Gasteiger partial charge in [-0.2, -0.15) is 5.26 Å². The Morgan fingerprint density at radius 3 is 2.72 bits per heavy atom. The molecule has 0 spiro atoms. The average molecular weight is 483 g/mol. The second-order valence-corrected chi connectivity index (χ2v) is 8.85. The Bertz CT molecular complexity index is 1480. The molecule has 36 heavy (non-hydrogen) atoms. The molecule has 1 atom stereocenters. The number of carbonyl (C=O) groups excluding carboxylic acids is 1. The Hall–Kier alpha value is -4.35. The smallest absolute Gasteiger partial charge is 0.253 e. The minimum Gasteiger partial charge on any atom is -0.496 e. The fourth-order valence-corrected chi connectivity index (χ4v) is 4.38. The SMILES string of the molecule is COc1cc(C(=O)N(C)C)ccc1-c1cc2nccc(-c3ccc(OC4CCNC4)c(C#N)c3)c2o1. The first-order chi connectivity index (χ1) is 17.5. The Labute approximate surface area is 209 Å². The molecule has 0 saturated carbocycles. The van der Waals surface area contributed by atoms with Crippen molar-refractivity contribution < 1.29 is 18.7 Å². The first-order valence-corrected chi connectivity index (χ1v) is 11.7. The number of ether oxygens (including phenoxy) is 2. The highest BCUT2D eigenvalue weighted by Gasteiger charge is 2.20. The Morgan fingerprint density at radius 2 is 2.00 bits per heavy atom. The van der Waals surface area contributed by atoms with Crippen LogP contribution in [-0.2, 0) is 0 Å². The summed E-state index contributed by atoms with van der Waals surface area (Å²) in [6.07, 6.45) is 2.70. The molecule has 8 nitrogen and oxygen atoms in total. The van der Waals surface area contributed by atoms with Crippen LogP contribution in [0.2, 0.25) is 0 Å². The van der Waals surface area contributed by atoms with Crippen molar-refractivity contribution in [3.05, 3.63) is 65.9 Å². The highest BCUT2D eigenvalue weighted by Crippen LogP contribution is 2.38. The molecule has 1 fully saturated rings. The molecular weight excluding hydrogens is 456 g/mol. The molecule has 1 aliphatic rings. The number of hydrogen-bond acceptors (Lipinski definition) is 7. The van der Waals surface area contributed by atoms with Gasteiger partial charge in [-0.25, -0.2) is 0 Å². The second-order valence-electron chi connectivity index (χ2n) is 8.85. The number of furan rings is 1. The molecule has 1 N–H and O–H groups in total. The van der Waals surface area contributed by atoms with Crippen molar-refractivity contribution in [1.29, 1.82) is 5.26 Å². The summed E-state index contributed by atoms with van der Waals surface area (Å²) in [6, 6.07) is 16.8. The number of hydrogen-bond donors (Lipinski definition) is 1. The number of benzene rings is 2. The zero-order valence-electron chi connectivity index (χ0n) is 20.4. The molecule has 2 aromatic carbocycles. The quantitative estimate of drug-likeness (QED) is 0.432. The van der Waals surface area contributed by atoms with E-state index in [4.69, 9.17) is 13.9 Å². The van der Waals surface area contributed by atoms with Gasteiger partial charge in [-0.15, -0.1) is 0 Å². The van der Waals surface area contributed by atoms with Crippen LogP contribution in [0.25, 0.3) is 33.6 Å². The van der Waals surface area contributed by atoms with E-state index in [9.17, 15) is 10.1 Å². The molecule has 4 aromatic rings.